The number of aromatic nitrogens is 1. The van der Waals surface area contributed by atoms with Crippen LogP contribution in [0.15, 0.2) is 59.1 Å². The number of phosphoric ester groups is 1. The first-order valence-electron chi connectivity index (χ1n) is 11.7. The fourth-order valence-corrected chi connectivity index (χ4v) is 4.00. The van der Waals surface area contributed by atoms with Crippen LogP contribution < -0.4 is 40.2 Å². The summed E-state index contributed by atoms with van der Waals surface area (Å²) in [5, 5.41) is 18.9. The van der Waals surface area contributed by atoms with E-state index >= 15 is 0 Å². The van der Waals surface area contributed by atoms with Crippen molar-refractivity contribution in [2.24, 2.45) is 0 Å². The zero-order valence-electron chi connectivity index (χ0n) is 23.1. The van der Waals surface area contributed by atoms with Crippen molar-refractivity contribution < 1.29 is 78.2 Å². The summed E-state index contributed by atoms with van der Waals surface area (Å²) in [4.78, 5) is 44.1. The molecule has 218 valence electrons. The number of urea groups is 1. The van der Waals surface area contributed by atoms with Crippen LogP contribution in [-0.4, -0.2) is 69.5 Å². The zero-order chi connectivity index (χ0) is 29.3. The number of amides is 3. The van der Waals surface area contributed by atoms with E-state index < -0.39 is 51.1 Å². The van der Waals surface area contributed by atoms with Gasteiger partial charge in [-0.3, -0.25) is 9.84 Å². The summed E-state index contributed by atoms with van der Waals surface area (Å²) in [7, 11) is -3.52. The average molecular weight is 625 g/mol. The van der Waals surface area contributed by atoms with Gasteiger partial charge >= 0.3 is 49.5 Å². The minimum Gasteiger partial charge on any atom is -1.00 e. The number of nitrogens with one attached hydrogen (secondary N) is 2. The second-order valence-electron chi connectivity index (χ2n) is 8.48. The molecule has 0 saturated carbocycles. The first-order valence-corrected chi connectivity index (χ1v) is 13.6. The monoisotopic (exact) mass is 624 g/mol. The van der Waals surface area contributed by atoms with Gasteiger partial charge in [-0.2, -0.15) is 0 Å². The van der Waals surface area contributed by atoms with Gasteiger partial charge in [0.1, 0.15) is 18.1 Å². The Balaban J connectivity index is 0.00000441. The molecule has 41 heavy (non-hydrogen) atoms. The van der Waals surface area contributed by atoms with Crippen LogP contribution in [0.2, 0.25) is 5.02 Å². The van der Waals surface area contributed by atoms with Gasteiger partial charge in [-0.15, -0.1) is 0 Å². The van der Waals surface area contributed by atoms with E-state index in [0.29, 0.717) is 11.3 Å². The Morgan fingerprint density at radius 3 is 2.59 bits per heavy atom. The summed E-state index contributed by atoms with van der Waals surface area (Å²) in [5.74, 6) is -0.663. The molecule has 5 N–H and O–H groups in total. The molecular weight excluding hydrogens is 597 g/mol. The summed E-state index contributed by atoms with van der Waals surface area (Å²) in [5.41, 5.74) is 1.54. The average Bonchev–Trinajstić information content (AvgIpc) is 3.38. The second kappa shape index (κ2) is 16.2. The van der Waals surface area contributed by atoms with Crippen molar-refractivity contribution in [3.63, 3.8) is 0 Å². The largest absolute Gasteiger partial charge is 1.00 e. The van der Waals surface area contributed by atoms with Crippen molar-refractivity contribution in [2.75, 3.05) is 25.6 Å². The molecule has 0 aliphatic rings. The number of anilines is 1. The minimum atomic E-state index is -4.86. The molecule has 0 fully saturated rings. The maximum absolute atomic E-state index is 13.7. The number of aliphatic hydroxyl groups is 1. The van der Waals surface area contributed by atoms with E-state index in [1.54, 1.807) is 12.1 Å². The van der Waals surface area contributed by atoms with Crippen LogP contribution in [0.1, 0.15) is 13.4 Å². The Labute approximate surface area is 263 Å². The molecular formula is C24H28ClFN4NaO9P. The number of hydrogen-bond acceptors (Lipinski definition) is 8. The summed E-state index contributed by atoms with van der Waals surface area (Å²) < 4.78 is 39.3. The van der Waals surface area contributed by atoms with Gasteiger partial charge in [0.25, 0.3) is 0 Å². The molecule has 0 spiro atoms. The number of halogens is 2. The molecule has 13 nitrogen and oxygen atoms in total. The molecule has 3 amide bonds. The fraction of sp³-hybridized carbons (Fsp3) is 0.292. The molecule has 0 aliphatic carbocycles. The van der Waals surface area contributed by atoms with Crippen LogP contribution >= 0.6 is 19.4 Å². The van der Waals surface area contributed by atoms with E-state index in [4.69, 9.17) is 30.6 Å². The predicted octanol–water partition coefficient (Wildman–Crippen LogP) is 0.870. The van der Waals surface area contributed by atoms with Crippen molar-refractivity contribution in [2.45, 2.75) is 25.1 Å². The van der Waals surface area contributed by atoms with Gasteiger partial charge in [-0.05, 0) is 18.1 Å². The topological polar surface area (TPSA) is 184 Å². The van der Waals surface area contributed by atoms with E-state index in [2.05, 4.69) is 20.3 Å². The number of hydrogen-bond donors (Lipinski definition) is 5. The van der Waals surface area contributed by atoms with Crippen LogP contribution in [0.4, 0.5) is 19.9 Å². The van der Waals surface area contributed by atoms with Crippen LogP contribution in [-0.2, 0) is 20.4 Å². The first-order chi connectivity index (χ1) is 18.9. The van der Waals surface area contributed by atoms with Gasteiger partial charge in [-0.1, -0.05) is 59.2 Å². The van der Waals surface area contributed by atoms with Crippen molar-refractivity contribution in [3.05, 3.63) is 71.0 Å². The normalized spacial score (nSPS) is 12.5. The molecule has 17 heteroatoms. The predicted molar refractivity (Wildman–Crippen MR) is 142 cm³/mol. The van der Waals surface area contributed by atoms with Crippen LogP contribution in [0, 0.1) is 5.82 Å². The fourth-order valence-electron chi connectivity index (χ4n) is 3.44. The van der Waals surface area contributed by atoms with E-state index in [0.717, 1.165) is 10.5 Å². The van der Waals surface area contributed by atoms with E-state index in [1.165, 1.54) is 31.3 Å². The van der Waals surface area contributed by atoms with Crippen molar-refractivity contribution in [1.29, 1.82) is 0 Å². The number of benzene rings is 2. The number of aliphatic hydroxyl groups excluding tert-OH is 1. The summed E-state index contributed by atoms with van der Waals surface area (Å²) >= 11 is 5.92. The molecule has 1 aromatic heterocycles. The SMILES string of the molecule is CN(C(=O)NCc1cccc(F)c1Cl)[C@H](COC(=O)Nc1cc(-c2ccccc2)no1)C[C@H](O)COP(=O)(O)O.[H-].[Na+]. The van der Waals surface area contributed by atoms with E-state index in [9.17, 15) is 23.7 Å². The Kier molecular flexibility index (Phi) is 13.7. The third kappa shape index (κ3) is 11.3. The number of phosphoric acid groups is 1. The maximum atomic E-state index is 13.7. The molecule has 3 aromatic rings. The van der Waals surface area contributed by atoms with Gasteiger partial charge in [-0.25, -0.2) is 18.5 Å². The third-order valence-electron chi connectivity index (χ3n) is 5.52. The number of nitrogens with zero attached hydrogens (tertiary/aromatic N) is 2. The molecule has 0 radical (unpaired) electrons. The van der Waals surface area contributed by atoms with Gasteiger partial charge < -0.3 is 35.8 Å². The van der Waals surface area contributed by atoms with Gasteiger partial charge in [0.05, 0.1) is 23.8 Å². The molecule has 0 saturated heterocycles. The molecule has 0 bridgehead atoms. The number of carbonyl (C=O) groups excluding carboxylic acids is 2. The first kappa shape index (κ1) is 34.7. The molecule has 2 atom stereocenters. The molecule has 3 rings (SSSR count). The third-order valence-corrected chi connectivity index (χ3v) is 6.43. The molecule has 2 aromatic carbocycles. The number of ether oxygens (including phenoxy) is 1. The Morgan fingerprint density at radius 2 is 1.90 bits per heavy atom. The van der Waals surface area contributed by atoms with Gasteiger partial charge in [0.15, 0.2) is 0 Å². The van der Waals surface area contributed by atoms with Crippen molar-refractivity contribution >= 4 is 37.4 Å². The molecule has 1 heterocycles. The van der Waals surface area contributed by atoms with Crippen molar-refractivity contribution in [1.82, 2.24) is 15.4 Å². The Morgan fingerprint density at radius 1 is 1.20 bits per heavy atom. The summed E-state index contributed by atoms with van der Waals surface area (Å²) in [6.07, 6.45) is -2.69. The minimum absolute atomic E-state index is 0. The molecule has 0 aliphatic heterocycles. The number of carbonyl (C=O) groups is 2. The zero-order valence-corrected chi connectivity index (χ0v) is 25.7. The van der Waals surface area contributed by atoms with E-state index in [-0.39, 0.29) is 54.9 Å². The summed E-state index contributed by atoms with van der Waals surface area (Å²) in [6, 6.07) is 13.0. The van der Waals surface area contributed by atoms with Gasteiger partial charge in [0.2, 0.25) is 5.88 Å². The van der Waals surface area contributed by atoms with Crippen LogP contribution in [0.5, 0.6) is 0 Å². The van der Waals surface area contributed by atoms with Gasteiger partial charge in [0, 0.05) is 25.2 Å². The molecule has 0 unspecified atom stereocenters. The van der Waals surface area contributed by atoms with Crippen LogP contribution in [0.25, 0.3) is 11.3 Å². The maximum Gasteiger partial charge on any atom is 1.00 e. The van der Waals surface area contributed by atoms with E-state index in [1.807, 2.05) is 18.2 Å². The second-order valence-corrected chi connectivity index (χ2v) is 10.1. The van der Waals surface area contributed by atoms with Crippen LogP contribution in [0.3, 0.4) is 0 Å². The van der Waals surface area contributed by atoms with Crippen molar-refractivity contribution in [3.8, 4) is 11.3 Å². The standard InChI is InChI=1S/C24H27ClFN4O9P.Na.H/c1-30(23(32)27-12-16-8-5-9-19(26)22(16)25)17(10-18(31)14-38-40(34,35)36)13-37-24(33)28-21-11-20(29-39-21)15-6-3-2-4-7-15;;/h2-9,11,17-18,31H,10,12-14H2,1H3,(H,27,32)(H,28,33)(H2,34,35,36);;/q;+1;-1/t17-,18-;;/m0../s1. The quantitative estimate of drug-likeness (QED) is 0.143. The number of likely N-dealkylation sites (N-methyl/N-ethyl adjacent to an activating group) is 1. The summed E-state index contributed by atoms with van der Waals surface area (Å²) in [6.45, 7) is -1.32. The smallest absolute Gasteiger partial charge is 1.00 e. The number of rotatable bonds is 12. The Hall–Kier alpha value is -2.52. The Bertz CT molecular complexity index is 1350.